The summed E-state index contributed by atoms with van der Waals surface area (Å²) in [6.45, 7) is 13.4. The molecule has 4 unspecified atom stereocenters. The third kappa shape index (κ3) is 7.65. The second kappa shape index (κ2) is 14.0. The van der Waals surface area contributed by atoms with Gasteiger partial charge in [-0.3, -0.25) is 0 Å². The van der Waals surface area contributed by atoms with Crippen LogP contribution in [0.3, 0.4) is 0 Å². The lowest BCUT2D eigenvalue weighted by Crippen LogP contribution is -2.49. The van der Waals surface area contributed by atoms with Gasteiger partial charge in [-0.2, -0.15) is 15.0 Å². The third-order valence-electron chi connectivity index (χ3n) is 7.10. The van der Waals surface area contributed by atoms with Crippen molar-refractivity contribution < 1.29 is 5.11 Å². The van der Waals surface area contributed by atoms with Crippen molar-refractivity contribution in [3.05, 3.63) is 0 Å². The van der Waals surface area contributed by atoms with Crippen molar-refractivity contribution in [3.63, 3.8) is 0 Å². The van der Waals surface area contributed by atoms with Gasteiger partial charge >= 0.3 is 0 Å². The number of aliphatic hydroxyl groups is 1. The smallest absolute Gasteiger partial charge is 0.232 e. The first-order valence-electron chi connectivity index (χ1n) is 13.7. The molecule has 1 aromatic heterocycles. The van der Waals surface area contributed by atoms with Crippen molar-refractivity contribution in [2.24, 2.45) is 0 Å². The van der Waals surface area contributed by atoms with Crippen LogP contribution in [0.25, 0.3) is 0 Å². The van der Waals surface area contributed by atoms with Gasteiger partial charge in [0.15, 0.2) is 0 Å². The molecule has 3 heterocycles. The van der Waals surface area contributed by atoms with E-state index in [1.807, 2.05) is 0 Å². The molecule has 34 heavy (non-hydrogen) atoms. The van der Waals surface area contributed by atoms with Crippen LogP contribution in [-0.4, -0.2) is 83.6 Å². The van der Waals surface area contributed by atoms with Crippen LogP contribution in [0.2, 0.25) is 0 Å². The summed E-state index contributed by atoms with van der Waals surface area (Å²) in [5.41, 5.74) is 0. The molecule has 0 saturated carbocycles. The van der Waals surface area contributed by atoms with Crippen LogP contribution in [0.4, 0.5) is 17.8 Å². The number of aliphatic hydroxyl groups excluding tert-OH is 1. The second-order valence-electron chi connectivity index (χ2n) is 10.1. The van der Waals surface area contributed by atoms with E-state index < -0.39 is 0 Å². The molecule has 2 fully saturated rings. The summed E-state index contributed by atoms with van der Waals surface area (Å²) in [6, 6.07) is 1.83. The number of rotatable bonds is 13. The van der Waals surface area contributed by atoms with E-state index >= 15 is 0 Å². The fraction of sp³-hybridized carbons (Fsp3) is 0.880. The Bertz CT molecular complexity index is 668. The molecule has 0 spiro atoms. The number of hydrogen-bond acceptors (Lipinski definition) is 9. The minimum atomic E-state index is 0.0487. The van der Waals surface area contributed by atoms with Gasteiger partial charge in [-0.25, -0.2) is 0 Å². The quantitative estimate of drug-likeness (QED) is 0.342. The van der Waals surface area contributed by atoms with E-state index in [-0.39, 0.29) is 6.61 Å². The van der Waals surface area contributed by atoms with Crippen LogP contribution >= 0.6 is 0 Å². The zero-order valence-electron chi connectivity index (χ0n) is 21.9. The zero-order valence-corrected chi connectivity index (χ0v) is 21.9. The standard InChI is InChI=1S/C25H48N8O/c1-5-7-14-32(21-9-11-26-19(3)17-21)24-29-23(28-13-16-34)30-25(31-24)33(15-8-6-2)22-10-12-27-20(4)18-22/h19-22,26-27,34H,5-18H2,1-4H3,(H,28,29,30,31). The first kappa shape index (κ1) is 26.9. The van der Waals surface area contributed by atoms with E-state index in [0.717, 1.165) is 89.4 Å². The lowest BCUT2D eigenvalue weighted by Gasteiger charge is -2.39. The van der Waals surface area contributed by atoms with Crippen LogP contribution in [0.5, 0.6) is 0 Å². The molecule has 2 aliphatic rings. The molecule has 4 atom stereocenters. The van der Waals surface area contributed by atoms with Gasteiger partial charge in [0.1, 0.15) is 0 Å². The SMILES string of the molecule is CCCCN(c1nc(NCCO)nc(N(CCCC)C2CCNC(C)C2)n1)C1CCNC(C)C1. The van der Waals surface area contributed by atoms with Crippen molar-refractivity contribution in [1.82, 2.24) is 25.6 Å². The monoisotopic (exact) mass is 476 g/mol. The summed E-state index contributed by atoms with van der Waals surface area (Å²) in [5.74, 6) is 2.13. The minimum absolute atomic E-state index is 0.0487. The average molecular weight is 477 g/mol. The summed E-state index contributed by atoms with van der Waals surface area (Å²) in [5, 5.41) is 19.8. The van der Waals surface area contributed by atoms with E-state index in [1.165, 1.54) is 0 Å². The maximum atomic E-state index is 9.41. The van der Waals surface area contributed by atoms with Gasteiger partial charge in [0.05, 0.1) is 6.61 Å². The molecule has 9 nitrogen and oxygen atoms in total. The summed E-state index contributed by atoms with van der Waals surface area (Å²) >= 11 is 0. The minimum Gasteiger partial charge on any atom is -0.395 e. The Balaban J connectivity index is 1.97. The lowest BCUT2D eigenvalue weighted by molar-refractivity contribution is 0.310. The highest BCUT2D eigenvalue weighted by atomic mass is 16.3. The summed E-state index contributed by atoms with van der Waals surface area (Å²) in [6.07, 6.45) is 8.89. The topological polar surface area (TPSA) is 101 Å². The van der Waals surface area contributed by atoms with Gasteiger partial charge < -0.3 is 30.9 Å². The molecule has 1 aromatic rings. The maximum absolute atomic E-state index is 9.41. The summed E-state index contributed by atoms with van der Waals surface area (Å²) < 4.78 is 0. The molecule has 2 aliphatic heterocycles. The number of piperidine rings is 2. The summed E-state index contributed by atoms with van der Waals surface area (Å²) in [4.78, 5) is 19.7. The third-order valence-corrected chi connectivity index (χ3v) is 7.10. The van der Waals surface area contributed by atoms with Gasteiger partial charge in [0.25, 0.3) is 0 Å². The van der Waals surface area contributed by atoms with Crippen LogP contribution < -0.4 is 25.8 Å². The molecule has 194 valence electrons. The molecule has 0 aliphatic carbocycles. The highest BCUT2D eigenvalue weighted by Gasteiger charge is 2.30. The van der Waals surface area contributed by atoms with Gasteiger partial charge in [0, 0.05) is 43.8 Å². The molecule has 4 N–H and O–H groups in total. The summed E-state index contributed by atoms with van der Waals surface area (Å²) in [7, 11) is 0. The Hall–Kier alpha value is -1.71. The predicted molar refractivity (Wildman–Crippen MR) is 141 cm³/mol. The van der Waals surface area contributed by atoms with Gasteiger partial charge in [-0.05, 0) is 65.5 Å². The average Bonchev–Trinajstić information content (AvgIpc) is 2.83. The van der Waals surface area contributed by atoms with Crippen LogP contribution in [0, 0.1) is 0 Å². The number of unbranched alkanes of at least 4 members (excludes halogenated alkanes) is 2. The Kier molecular flexibility index (Phi) is 11.1. The number of nitrogens with one attached hydrogen (secondary N) is 3. The van der Waals surface area contributed by atoms with Crippen LogP contribution in [0.1, 0.15) is 79.1 Å². The van der Waals surface area contributed by atoms with E-state index in [2.05, 4.69) is 53.4 Å². The van der Waals surface area contributed by atoms with E-state index in [9.17, 15) is 5.11 Å². The molecule has 9 heteroatoms. The zero-order chi connectivity index (χ0) is 24.3. The Morgan fingerprint density at radius 1 is 0.853 bits per heavy atom. The van der Waals surface area contributed by atoms with Crippen molar-refractivity contribution in [2.45, 2.75) is 103 Å². The molecule has 2 saturated heterocycles. The number of hydrogen-bond donors (Lipinski definition) is 4. The van der Waals surface area contributed by atoms with Crippen molar-refractivity contribution >= 4 is 17.8 Å². The van der Waals surface area contributed by atoms with Gasteiger partial charge in [0.2, 0.25) is 17.8 Å². The van der Waals surface area contributed by atoms with Gasteiger partial charge in [-0.1, -0.05) is 26.7 Å². The maximum Gasteiger partial charge on any atom is 0.232 e. The highest BCUT2D eigenvalue weighted by Crippen LogP contribution is 2.27. The first-order valence-corrected chi connectivity index (χ1v) is 13.7. The molecular formula is C25H48N8O. The van der Waals surface area contributed by atoms with E-state index in [1.54, 1.807) is 0 Å². The number of aromatic nitrogens is 3. The van der Waals surface area contributed by atoms with Gasteiger partial charge in [-0.15, -0.1) is 0 Å². The molecule has 0 amide bonds. The normalized spacial score (nSPS) is 25.2. The molecule has 0 aromatic carbocycles. The Labute approximate surface area is 206 Å². The van der Waals surface area contributed by atoms with Crippen molar-refractivity contribution in [1.29, 1.82) is 0 Å². The van der Waals surface area contributed by atoms with Crippen molar-refractivity contribution in [3.8, 4) is 0 Å². The second-order valence-corrected chi connectivity index (χ2v) is 10.1. The Morgan fingerprint density at radius 3 is 1.76 bits per heavy atom. The first-order chi connectivity index (χ1) is 16.5. The molecular weight excluding hydrogens is 428 g/mol. The molecule has 3 rings (SSSR count). The number of anilines is 3. The fourth-order valence-corrected chi connectivity index (χ4v) is 5.18. The lowest BCUT2D eigenvalue weighted by atomic mass is 9.98. The van der Waals surface area contributed by atoms with E-state index in [4.69, 9.17) is 15.0 Å². The molecule has 0 radical (unpaired) electrons. The van der Waals surface area contributed by atoms with Crippen LogP contribution in [-0.2, 0) is 0 Å². The van der Waals surface area contributed by atoms with Crippen molar-refractivity contribution in [2.75, 3.05) is 54.4 Å². The van der Waals surface area contributed by atoms with Crippen LogP contribution in [0.15, 0.2) is 0 Å². The Morgan fingerprint density at radius 2 is 1.35 bits per heavy atom. The fourth-order valence-electron chi connectivity index (χ4n) is 5.18. The number of nitrogens with zero attached hydrogens (tertiary/aromatic N) is 5. The largest absolute Gasteiger partial charge is 0.395 e. The van der Waals surface area contributed by atoms with E-state index in [0.29, 0.717) is 36.7 Å². The highest BCUT2D eigenvalue weighted by molar-refractivity contribution is 5.47. The predicted octanol–water partition coefficient (Wildman–Crippen LogP) is 2.77. The molecule has 0 bridgehead atoms.